The Hall–Kier alpha value is -1.30. The van der Waals surface area contributed by atoms with E-state index in [0.717, 1.165) is 6.20 Å². The molecule has 0 radical (unpaired) electrons. The van der Waals surface area contributed by atoms with E-state index < -0.39 is 29.1 Å². The van der Waals surface area contributed by atoms with Crippen molar-refractivity contribution in [2.24, 2.45) is 0 Å². The molecule has 0 fully saturated rings. The molecule has 0 aliphatic rings. The fraction of sp³-hybridized carbons (Fsp3) is 0.143. The van der Waals surface area contributed by atoms with Crippen molar-refractivity contribution in [1.82, 2.24) is 4.98 Å². The molecule has 3 nitrogen and oxygen atoms in total. The fourth-order valence-electron chi connectivity index (χ4n) is 0.754. The molecule has 0 aliphatic heterocycles. The number of nitrogens with zero attached hydrogens (tertiary/aromatic N) is 1. The van der Waals surface area contributed by atoms with Gasteiger partial charge in [0.15, 0.2) is 0 Å². The maximum absolute atomic E-state index is 12.5. The van der Waals surface area contributed by atoms with Gasteiger partial charge < -0.3 is 4.74 Å². The number of ether oxygens (including phenoxy) is 1. The SMILES string of the molecule is O=C(Cl)c1cnc(F)cc1OC(F)F. The highest BCUT2D eigenvalue weighted by Crippen LogP contribution is 2.21. The monoisotopic (exact) mass is 225 g/mol. The van der Waals surface area contributed by atoms with Crippen molar-refractivity contribution in [1.29, 1.82) is 0 Å². The topological polar surface area (TPSA) is 39.2 Å². The summed E-state index contributed by atoms with van der Waals surface area (Å²) >= 11 is 5.02. The summed E-state index contributed by atoms with van der Waals surface area (Å²) in [7, 11) is 0. The van der Waals surface area contributed by atoms with Crippen LogP contribution in [0.15, 0.2) is 12.3 Å². The molecular formula is C7H3ClF3NO2. The number of carbonyl (C=O) groups excluding carboxylic acids is 1. The predicted molar refractivity (Wildman–Crippen MR) is 41.0 cm³/mol. The Morgan fingerprint density at radius 3 is 2.71 bits per heavy atom. The molecule has 76 valence electrons. The third-order valence-corrected chi connectivity index (χ3v) is 1.46. The van der Waals surface area contributed by atoms with E-state index in [0.29, 0.717) is 6.07 Å². The Morgan fingerprint density at radius 2 is 2.21 bits per heavy atom. The minimum atomic E-state index is -3.16. The van der Waals surface area contributed by atoms with Gasteiger partial charge in [0, 0.05) is 12.3 Å². The molecule has 0 saturated carbocycles. The zero-order chi connectivity index (χ0) is 10.7. The second-order valence-corrected chi connectivity index (χ2v) is 2.50. The van der Waals surface area contributed by atoms with Crippen molar-refractivity contribution >= 4 is 16.8 Å². The molecule has 1 aromatic rings. The summed E-state index contributed by atoms with van der Waals surface area (Å²) in [5.41, 5.74) is -0.409. The van der Waals surface area contributed by atoms with Crippen LogP contribution in [0.5, 0.6) is 5.75 Å². The summed E-state index contributed by atoms with van der Waals surface area (Å²) in [6, 6.07) is 0.557. The summed E-state index contributed by atoms with van der Waals surface area (Å²) in [4.78, 5) is 13.7. The maximum atomic E-state index is 12.5. The molecule has 0 unspecified atom stereocenters. The first kappa shape index (κ1) is 10.8. The average molecular weight is 226 g/mol. The number of hydrogen-bond donors (Lipinski definition) is 0. The number of hydrogen-bond acceptors (Lipinski definition) is 3. The molecule has 0 amide bonds. The lowest BCUT2D eigenvalue weighted by atomic mass is 10.3. The van der Waals surface area contributed by atoms with E-state index in [4.69, 9.17) is 11.6 Å². The van der Waals surface area contributed by atoms with Gasteiger partial charge in [-0.1, -0.05) is 0 Å². The van der Waals surface area contributed by atoms with Crippen molar-refractivity contribution < 1.29 is 22.7 Å². The molecule has 0 spiro atoms. The molecule has 1 rings (SSSR count). The number of halogens is 4. The maximum Gasteiger partial charge on any atom is 0.387 e. The quantitative estimate of drug-likeness (QED) is 0.585. The summed E-state index contributed by atoms with van der Waals surface area (Å²) < 4.78 is 39.9. The second-order valence-electron chi connectivity index (χ2n) is 2.16. The first-order valence-corrected chi connectivity index (χ1v) is 3.68. The molecular weight excluding hydrogens is 223 g/mol. The second kappa shape index (κ2) is 4.28. The van der Waals surface area contributed by atoms with Crippen molar-refractivity contribution in [2.75, 3.05) is 0 Å². The normalized spacial score (nSPS) is 10.4. The molecule has 14 heavy (non-hydrogen) atoms. The summed E-state index contributed by atoms with van der Waals surface area (Å²) in [5.74, 6) is -1.67. The Labute approximate surface area is 81.5 Å². The van der Waals surface area contributed by atoms with Gasteiger partial charge in [-0.05, 0) is 11.6 Å². The van der Waals surface area contributed by atoms with Gasteiger partial charge in [0.1, 0.15) is 5.75 Å². The highest BCUT2D eigenvalue weighted by Gasteiger charge is 2.15. The van der Waals surface area contributed by atoms with Crippen LogP contribution in [-0.2, 0) is 0 Å². The number of pyridine rings is 1. The Kier molecular flexibility index (Phi) is 3.29. The van der Waals surface area contributed by atoms with Crippen LogP contribution in [0.1, 0.15) is 10.4 Å². The van der Waals surface area contributed by atoms with Gasteiger partial charge >= 0.3 is 6.61 Å². The third kappa shape index (κ3) is 2.59. The van der Waals surface area contributed by atoms with E-state index in [9.17, 15) is 18.0 Å². The molecule has 0 N–H and O–H groups in total. The van der Waals surface area contributed by atoms with Gasteiger partial charge in [-0.3, -0.25) is 4.79 Å². The lowest BCUT2D eigenvalue weighted by Crippen LogP contribution is -2.07. The van der Waals surface area contributed by atoms with Crippen LogP contribution in [0.3, 0.4) is 0 Å². The summed E-state index contributed by atoms with van der Waals surface area (Å²) in [5, 5.41) is -1.05. The van der Waals surface area contributed by atoms with Gasteiger partial charge in [-0.25, -0.2) is 4.98 Å². The summed E-state index contributed by atoms with van der Waals surface area (Å²) in [6.07, 6.45) is 0.725. The van der Waals surface area contributed by atoms with Crippen LogP contribution in [0.2, 0.25) is 0 Å². The van der Waals surface area contributed by atoms with E-state index in [1.54, 1.807) is 0 Å². The van der Waals surface area contributed by atoms with Crippen molar-refractivity contribution in [3.8, 4) is 5.75 Å². The van der Waals surface area contributed by atoms with Gasteiger partial charge in [-0.15, -0.1) is 0 Å². The van der Waals surface area contributed by atoms with Gasteiger partial charge in [0.2, 0.25) is 5.95 Å². The van der Waals surface area contributed by atoms with Crippen molar-refractivity contribution in [2.45, 2.75) is 6.61 Å². The first-order valence-electron chi connectivity index (χ1n) is 3.31. The molecule has 0 aliphatic carbocycles. The molecule has 7 heteroatoms. The number of rotatable bonds is 3. The van der Waals surface area contributed by atoms with Crippen molar-refractivity contribution in [3.05, 3.63) is 23.8 Å². The highest BCUT2D eigenvalue weighted by molar-refractivity contribution is 6.68. The van der Waals surface area contributed by atoms with Gasteiger partial charge in [0.25, 0.3) is 5.24 Å². The lowest BCUT2D eigenvalue weighted by molar-refractivity contribution is -0.0503. The Morgan fingerprint density at radius 1 is 1.57 bits per heavy atom. The lowest BCUT2D eigenvalue weighted by Gasteiger charge is -2.06. The van der Waals surface area contributed by atoms with E-state index >= 15 is 0 Å². The first-order chi connectivity index (χ1) is 6.50. The molecule has 0 bridgehead atoms. The number of alkyl halides is 2. The smallest absolute Gasteiger partial charge is 0.387 e. The van der Waals surface area contributed by atoms with Crippen LogP contribution < -0.4 is 4.74 Å². The minimum Gasteiger partial charge on any atom is -0.434 e. The Bertz CT molecular complexity index is 359. The van der Waals surface area contributed by atoms with Crippen LogP contribution in [0, 0.1) is 5.95 Å². The standard InChI is InChI=1S/C7H3ClF3NO2/c8-6(13)3-2-12-5(9)1-4(3)14-7(10)11/h1-2,7H. The van der Waals surface area contributed by atoms with Gasteiger partial charge in [0.05, 0.1) is 5.56 Å². The third-order valence-electron chi connectivity index (χ3n) is 1.26. The van der Waals surface area contributed by atoms with Gasteiger partial charge in [-0.2, -0.15) is 13.2 Å². The molecule has 0 aromatic carbocycles. The largest absolute Gasteiger partial charge is 0.434 e. The van der Waals surface area contributed by atoms with Crippen LogP contribution in [-0.4, -0.2) is 16.8 Å². The van der Waals surface area contributed by atoms with Crippen LogP contribution >= 0.6 is 11.6 Å². The fourth-order valence-corrected chi connectivity index (χ4v) is 0.896. The molecule has 0 atom stereocenters. The minimum absolute atomic E-state index is 0.409. The Balaban J connectivity index is 3.09. The van der Waals surface area contributed by atoms with E-state index in [1.165, 1.54) is 0 Å². The van der Waals surface area contributed by atoms with E-state index in [1.807, 2.05) is 0 Å². The highest BCUT2D eigenvalue weighted by atomic mass is 35.5. The van der Waals surface area contributed by atoms with Crippen LogP contribution in [0.4, 0.5) is 13.2 Å². The zero-order valence-corrected chi connectivity index (χ0v) is 7.26. The predicted octanol–water partition coefficient (Wildman–Crippen LogP) is 2.20. The van der Waals surface area contributed by atoms with E-state index in [-0.39, 0.29) is 0 Å². The van der Waals surface area contributed by atoms with Crippen molar-refractivity contribution in [3.63, 3.8) is 0 Å². The van der Waals surface area contributed by atoms with Crippen LogP contribution in [0.25, 0.3) is 0 Å². The summed E-state index contributed by atoms with van der Waals surface area (Å²) in [6.45, 7) is -3.16. The molecule has 1 aromatic heterocycles. The number of aromatic nitrogens is 1. The molecule has 0 saturated heterocycles. The molecule has 1 heterocycles. The average Bonchev–Trinajstić information content (AvgIpc) is 2.01. The zero-order valence-electron chi connectivity index (χ0n) is 6.51. The van der Waals surface area contributed by atoms with E-state index in [2.05, 4.69) is 9.72 Å². The number of carbonyl (C=O) groups is 1.